The molecule has 2 heteroatoms. The van der Waals surface area contributed by atoms with Crippen LogP contribution in [0.5, 0.6) is 0 Å². The molecular weight excluding hydrogens is 581 g/mol. The van der Waals surface area contributed by atoms with E-state index in [-0.39, 0.29) is 6.17 Å². The fraction of sp³-hybridized carbons (Fsp3) is 0.304. The van der Waals surface area contributed by atoms with E-state index in [4.69, 9.17) is 0 Å². The molecule has 2 nitrogen and oxygen atoms in total. The van der Waals surface area contributed by atoms with Gasteiger partial charge in [0.25, 0.3) is 0 Å². The molecule has 4 aromatic rings. The van der Waals surface area contributed by atoms with Crippen LogP contribution in [0, 0.1) is 11.8 Å². The maximum Gasteiger partial charge on any atom is 0.130 e. The third kappa shape index (κ3) is 5.09. The van der Waals surface area contributed by atoms with E-state index >= 15 is 0 Å². The summed E-state index contributed by atoms with van der Waals surface area (Å²) in [6.07, 6.45) is 28.4. The van der Waals surface area contributed by atoms with Gasteiger partial charge in [-0.1, -0.05) is 118 Å². The molecule has 0 saturated heterocycles. The van der Waals surface area contributed by atoms with Crippen LogP contribution in [-0.4, -0.2) is 6.17 Å². The van der Waals surface area contributed by atoms with Gasteiger partial charge in [0.15, 0.2) is 0 Å². The molecule has 1 N–H and O–H groups in total. The molecule has 0 spiro atoms. The van der Waals surface area contributed by atoms with E-state index in [0.717, 1.165) is 31.6 Å². The average Bonchev–Trinajstić information content (AvgIpc) is 3.74. The van der Waals surface area contributed by atoms with Gasteiger partial charge in [-0.2, -0.15) is 0 Å². The number of hydrogen-bond acceptors (Lipinski definition) is 2. The molecule has 1 aliphatic heterocycles. The quantitative estimate of drug-likeness (QED) is 0.222. The van der Waals surface area contributed by atoms with Crippen LogP contribution >= 0.6 is 0 Å². The van der Waals surface area contributed by atoms with Gasteiger partial charge in [0.05, 0.1) is 5.70 Å². The zero-order chi connectivity index (χ0) is 32.2. The molecule has 1 fully saturated rings. The molecule has 5 aliphatic rings. The summed E-state index contributed by atoms with van der Waals surface area (Å²) in [5, 5.41) is 9.52. The lowest BCUT2D eigenvalue weighted by atomic mass is 9.75. The molecule has 0 aromatic heterocycles. The van der Waals surface area contributed by atoms with Gasteiger partial charge in [-0.25, -0.2) is 0 Å². The molecule has 1 heterocycles. The first-order valence-electron chi connectivity index (χ1n) is 18.4. The molecule has 48 heavy (non-hydrogen) atoms. The van der Waals surface area contributed by atoms with Crippen molar-refractivity contribution >= 4 is 32.8 Å². The summed E-state index contributed by atoms with van der Waals surface area (Å²) >= 11 is 0. The number of fused-ring (bicyclic) bond motifs is 2. The van der Waals surface area contributed by atoms with Crippen LogP contribution in [-0.2, 0) is 0 Å². The van der Waals surface area contributed by atoms with E-state index in [1.54, 1.807) is 5.56 Å². The minimum atomic E-state index is 0.132. The van der Waals surface area contributed by atoms with Crippen LogP contribution in [0.4, 0.5) is 5.69 Å². The third-order valence-electron chi connectivity index (χ3n) is 11.6. The van der Waals surface area contributed by atoms with Crippen LogP contribution in [0.1, 0.15) is 82.3 Å². The molecule has 1 saturated carbocycles. The first-order valence-corrected chi connectivity index (χ1v) is 18.4. The van der Waals surface area contributed by atoms with Gasteiger partial charge in [0.2, 0.25) is 0 Å². The van der Waals surface area contributed by atoms with Crippen LogP contribution in [0.3, 0.4) is 0 Å². The average molecular weight is 627 g/mol. The van der Waals surface area contributed by atoms with Crippen molar-refractivity contribution in [2.45, 2.75) is 77.3 Å². The Morgan fingerprint density at radius 2 is 1.50 bits per heavy atom. The fourth-order valence-corrected chi connectivity index (χ4v) is 9.00. The van der Waals surface area contributed by atoms with Gasteiger partial charge in [-0.05, 0) is 129 Å². The maximum absolute atomic E-state index is 3.87. The monoisotopic (exact) mass is 626 g/mol. The van der Waals surface area contributed by atoms with Crippen LogP contribution in [0.25, 0.3) is 38.2 Å². The summed E-state index contributed by atoms with van der Waals surface area (Å²) in [6, 6.07) is 26.1. The van der Waals surface area contributed by atoms with Crippen molar-refractivity contribution in [3.63, 3.8) is 0 Å². The number of nitrogens with one attached hydrogen (secondary N) is 1. The highest BCUT2D eigenvalue weighted by Crippen LogP contribution is 2.47. The van der Waals surface area contributed by atoms with Crippen molar-refractivity contribution in [2.75, 3.05) is 4.90 Å². The molecule has 2 atom stereocenters. The summed E-state index contributed by atoms with van der Waals surface area (Å²) in [5.41, 5.74) is 12.2. The van der Waals surface area contributed by atoms with Crippen molar-refractivity contribution in [3.8, 4) is 11.1 Å². The Labute approximate surface area is 285 Å². The van der Waals surface area contributed by atoms with Gasteiger partial charge < -0.3 is 10.2 Å². The van der Waals surface area contributed by atoms with Crippen LogP contribution < -0.4 is 10.2 Å². The number of hydrogen-bond donors (Lipinski definition) is 1. The molecule has 9 rings (SSSR count). The normalized spacial score (nSPS) is 25.1. The second-order valence-corrected chi connectivity index (χ2v) is 14.9. The van der Waals surface area contributed by atoms with Gasteiger partial charge in [0, 0.05) is 17.8 Å². The number of allylic oxidation sites excluding steroid dienone is 8. The van der Waals surface area contributed by atoms with E-state index < -0.39 is 0 Å². The third-order valence-corrected chi connectivity index (χ3v) is 11.6. The second kappa shape index (κ2) is 12.2. The van der Waals surface area contributed by atoms with Gasteiger partial charge in [-0.15, -0.1) is 0 Å². The van der Waals surface area contributed by atoms with E-state index in [1.165, 1.54) is 92.1 Å². The summed E-state index contributed by atoms with van der Waals surface area (Å²) in [4.78, 5) is 2.51. The lowest BCUT2D eigenvalue weighted by Crippen LogP contribution is -2.39. The summed E-state index contributed by atoms with van der Waals surface area (Å²) in [5.74, 6) is 2.04. The molecule has 0 bridgehead atoms. The van der Waals surface area contributed by atoms with Crippen LogP contribution in [0.2, 0.25) is 0 Å². The number of anilines is 1. The Kier molecular flexibility index (Phi) is 7.49. The standard InChI is InChI=1S/C46H46N2/c1-30-15-19-33(20-16-30)44-38-11-6-7-12-39(38)45(41-29-36(25-28-40(41)44)32-9-4-3-5-10-32)34-23-26-37(27-24-34)48-43-14-8-13-42(43)47-46(48)35-21-17-31(2)18-22-35/h4,6-12,14,17,21-31,33,46-47H,3,5,13,15-16,18-20H2,1-2H3. The topological polar surface area (TPSA) is 15.3 Å². The predicted molar refractivity (Wildman–Crippen MR) is 205 cm³/mol. The lowest BCUT2D eigenvalue weighted by molar-refractivity contribution is 0.350. The highest BCUT2D eigenvalue weighted by atomic mass is 15.3. The smallest absolute Gasteiger partial charge is 0.130 e. The Morgan fingerprint density at radius 1 is 0.708 bits per heavy atom. The Balaban J connectivity index is 1.20. The van der Waals surface area contributed by atoms with Gasteiger partial charge >= 0.3 is 0 Å². The Morgan fingerprint density at radius 3 is 2.27 bits per heavy atom. The van der Waals surface area contributed by atoms with Crippen molar-refractivity contribution in [2.24, 2.45) is 11.8 Å². The first kappa shape index (κ1) is 29.6. The van der Waals surface area contributed by atoms with Crippen molar-refractivity contribution in [1.29, 1.82) is 0 Å². The summed E-state index contributed by atoms with van der Waals surface area (Å²) < 4.78 is 0. The fourth-order valence-electron chi connectivity index (χ4n) is 9.00. The van der Waals surface area contributed by atoms with E-state index in [1.807, 2.05) is 0 Å². The zero-order valence-corrected chi connectivity index (χ0v) is 28.4. The van der Waals surface area contributed by atoms with Crippen molar-refractivity contribution in [3.05, 3.63) is 143 Å². The second-order valence-electron chi connectivity index (χ2n) is 14.9. The highest BCUT2D eigenvalue weighted by molar-refractivity contribution is 6.16. The zero-order valence-electron chi connectivity index (χ0n) is 28.4. The van der Waals surface area contributed by atoms with Gasteiger partial charge in [0.1, 0.15) is 6.17 Å². The largest absolute Gasteiger partial charge is 0.363 e. The van der Waals surface area contributed by atoms with Crippen molar-refractivity contribution in [1.82, 2.24) is 5.32 Å². The Hall–Kier alpha value is -4.56. The SMILES string of the molecule is CC1C=CC(C2NC3=C(C=CC3)N2c2ccc(-c3c4ccccc4c(C4CCC(C)CC4)c4ccc(C5=CCCC=C5)cc34)cc2)=CC1. The highest BCUT2D eigenvalue weighted by Gasteiger charge is 2.34. The van der Waals surface area contributed by atoms with E-state index in [2.05, 4.69) is 139 Å². The molecule has 2 unspecified atom stereocenters. The molecule has 240 valence electrons. The van der Waals surface area contributed by atoms with E-state index in [0.29, 0.717) is 11.8 Å². The summed E-state index contributed by atoms with van der Waals surface area (Å²) in [7, 11) is 0. The predicted octanol–water partition coefficient (Wildman–Crippen LogP) is 12.1. The number of rotatable bonds is 5. The molecule has 0 amide bonds. The van der Waals surface area contributed by atoms with Gasteiger partial charge in [-0.3, -0.25) is 0 Å². The molecule has 4 aliphatic carbocycles. The minimum Gasteiger partial charge on any atom is -0.363 e. The van der Waals surface area contributed by atoms with E-state index in [9.17, 15) is 0 Å². The Bertz CT molecular complexity index is 2090. The molecular formula is C46H46N2. The molecule has 4 aromatic carbocycles. The van der Waals surface area contributed by atoms with Crippen LogP contribution in [0.15, 0.2) is 132 Å². The lowest BCUT2D eigenvalue weighted by Gasteiger charge is -2.31. The summed E-state index contributed by atoms with van der Waals surface area (Å²) in [6.45, 7) is 4.73. The maximum atomic E-state index is 3.87. The number of benzene rings is 4. The molecule has 0 radical (unpaired) electrons. The first-order chi connectivity index (χ1) is 23.6. The van der Waals surface area contributed by atoms with Crippen molar-refractivity contribution < 1.29 is 0 Å². The number of nitrogens with zero attached hydrogens (tertiary/aromatic N) is 1. The minimum absolute atomic E-state index is 0.132.